The molecule has 0 radical (unpaired) electrons. The number of aromatic carboxylic acids is 1. The van der Waals surface area contributed by atoms with Gasteiger partial charge in [-0.3, -0.25) is 4.79 Å². The van der Waals surface area contributed by atoms with E-state index in [0.717, 1.165) is 37.1 Å². The van der Waals surface area contributed by atoms with Crippen LogP contribution in [0.15, 0.2) is 12.1 Å². The van der Waals surface area contributed by atoms with Gasteiger partial charge in [-0.2, -0.15) is 0 Å². The number of ether oxygens (including phenoxy) is 1. The van der Waals surface area contributed by atoms with Crippen molar-refractivity contribution in [3.8, 4) is 5.75 Å². The molecule has 1 N–H and O–H groups in total. The first-order chi connectivity index (χ1) is 9.99. The molecule has 0 atom stereocenters. The predicted molar refractivity (Wildman–Crippen MR) is 78.8 cm³/mol. The Morgan fingerprint density at radius 1 is 1.14 bits per heavy atom. The molecular weight excluding hydrogens is 270 g/mol. The summed E-state index contributed by atoms with van der Waals surface area (Å²) in [6.07, 6.45) is 3.29. The highest BCUT2D eigenvalue weighted by atomic mass is 16.5. The van der Waals surface area contributed by atoms with Gasteiger partial charge in [0.15, 0.2) is 6.61 Å². The van der Waals surface area contributed by atoms with E-state index in [4.69, 9.17) is 9.84 Å². The van der Waals surface area contributed by atoms with Gasteiger partial charge in [0.2, 0.25) is 0 Å². The third kappa shape index (κ3) is 3.74. The summed E-state index contributed by atoms with van der Waals surface area (Å²) >= 11 is 0. The number of carboxylic acid groups (broad SMARTS) is 1. The molecule has 0 aliphatic carbocycles. The maximum Gasteiger partial charge on any atom is 0.335 e. The van der Waals surface area contributed by atoms with Crippen molar-refractivity contribution >= 4 is 11.9 Å². The lowest BCUT2D eigenvalue weighted by atomic mass is 10.1. The Labute approximate surface area is 124 Å². The second-order valence-corrected chi connectivity index (χ2v) is 5.47. The summed E-state index contributed by atoms with van der Waals surface area (Å²) in [5.41, 5.74) is 1.71. The maximum atomic E-state index is 12.1. The monoisotopic (exact) mass is 291 g/mol. The highest BCUT2D eigenvalue weighted by Crippen LogP contribution is 2.25. The number of nitrogens with zero attached hydrogens (tertiary/aromatic N) is 1. The van der Waals surface area contributed by atoms with Crippen LogP contribution in [0.2, 0.25) is 0 Å². The zero-order chi connectivity index (χ0) is 15.4. The van der Waals surface area contributed by atoms with Crippen molar-refractivity contribution in [3.05, 3.63) is 28.8 Å². The second kappa shape index (κ2) is 6.61. The molecular formula is C16H21NO4. The van der Waals surface area contributed by atoms with Crippen molar-refractivity contribution in [3.63, 3.8) is 0 Å². The number of likely N-dealkylation sites (tertiary alicyclic amines) is 1. The summed E-state index contributed by atoms with van der Waals surface area (Å²) in [5, 5.41) is 9.01. The molecule has 0 unspecified atom stereocenters. The largest absolute Gasteiger partial charge is 0.483 e. The molecule has 21 heavy (non-hydrogen) atoms. The Bertz CT molecular complexity index is 524. The fourth-order valence-electron chi connectivity index (χ4n) is 2.67. The summed E-state index contributed by atoms with van der Waals surface area (Å²) in [5.74, 6) is -0.363. The summed E-state index contributed by atoms with van der Waals surface area (Å²) in [4.78, 5) is 24.9. The van der Waals surface area contributed by atoms with Gasteiger partial charge in [0.25, 0.3) is 5.91 Å². The molecule has 0 saturated carbocycles. The van der Waals surface area contributed by atoms with Gasteiger partial charge < -0.3 is 14.7 Å². The Balaban J connectivity index is 2.02. The number of hydrogen-bond donors (Lipinski definition) is 1. The molecule has 1 amide bonds. The number of carbonyl (C=O) groups excluding carboxylic acids is 1. The first-order valence-corrected chi connectivity index (χ1v) is 7.24. The highest BCUT2D eigenvalue weighted by molar-refractivity contribution is 5.88. The van der Waals surface area contributed by atoms with Gasteiger partial charge in [-0.15, -0.1) is 0 Å². The quantitative estimate of drug-likeness (QED) is 0.925. The molecule has 1 aliphatic heterocycles. The van der Waals surface area contributed by atoms with Crippen molar-refractivity contribution in [2.45, 2.75) is 33.1 Å². The molecule has 1 heterocycles. The first kappa shape index (κ1) is 15.4. The van der Waals surface area contributed by atoms with Crippen molar-refractivity contribution < 1.29 is 19.4 Å². The fraction of sp³-hybridized carbons (Fsp3) is 0.500. The Morgan fingerprint density at radius 2 is 1.71 bits per heavy atom. The Hall–Kier alpha value is -2.04. The van der Waals surface area contributed by atoms with E-state index in [9.17, 15) is 9.59 Å². The van der Waals surface area contributed by atoms with Gasteiger partial charge in [-0.05, 0) is 56.4 Å². The minimum Gasteiger partial charge on any atom is -0.483 e. The molecule has 5 nitrogen and oxygen atoms in total. The number of carboxylic acids is 1. The number of rotatable bonds is 4. The van der Waals surface area contributed by atoms with E-state index in [0.29, 0.717) is 5.75 Å². The van der Waals surface area contributed by atoms with Gasteiger partial charge in [0.05, 0.1) is 5.56 Å². The molecule has 2 rings (SSSR count). The van der Waals surface area contributed by atoms with Crippen LogP contribution in [0, 0.1) is 13.8 Å². The van der Waals surface area contributed by atoms with E-state index in [1.807, 2.05) is 4.90 Å². The lowest BCUT2D eigenvalue weighted by Crippen LogP contribution is -2.38. The van der Waals surface area contributed by atoms with Crippen LogP contribution in [0.1, 0.15) is 40.7 Å². The van der Waals surface area contributed by atoms with E-state index < -0.39 is 5.97 Å². The first-order valence-electron chi connectivity index (χ1n) is 7.24. The number of hydrogen-bond acceptors (Lipinski definition) is 3. The zero-order valence-electron chi connectivity index (χ0n) is 12.5. The topological polar surface area (TPSA) is 66.8 Å². The smallest absolute Gasteiger partial charge is 0.335 e. The van der Waals surface area contributed by atoms with Gasteiger partial charge in [0, 0.05) is 13.1 Å². The van der Waals surface area contributed by atoms with Crippen LogP contribution in [0.5, 0.6) is 5.75 Å². The predicted octanol–water partition coefficient (Wildman–Crippen LogP) is 2.39. The Morgan fingerprint density at radius 3 is 2.24 bits per heavy atom. The molecule has 0 spiro atoms. The van der Waals surface area contributed by atoms with Gasteiger partial charge in [-0.25, -0.2) is 4.79 Å². The van der Waals surface area contributed by atoms with Crippen LogP contribution < -0.4 is 4.74 Å². The van der Waals surface area contributed by atoms with E-state index in [2.05, 4.69) is 0 Å². The van der Waals surface area contributed by atoms with E-state index in [-0.39, 0.29) is 18.1 Å². The molecule has 114 valence electrons. The standard InChI is InChI=1S/C16H21NO4/c1-11-8-13(16(19)20)9-12(2)15(11)21-10-14(18)17-6-4-3-5-7-17/h8-9H,3-7,10H2,1-2H3,(H,19,20). The maximum absolute atomic E-state index is 12.1. The van der Waals surface area contributed by atoms with Gasteiger partial charge in [0.1, 0.15) is 5.75 Å². The minimum atomic E-state index is -0.961. The summed E-state index contributed by atoms with van der Waals surface area (Å²) in [6.45, 7) is 5.20. The van der Waals surface area contributed by atoms with Crippen LogP contribution in [0.25, 0.3) is 0 Å². The van der Waals surface area contributed by atoms with Crippen LogP contribution in [0.3, 0.4) is 0 Å². The van der Waals surface area contributed by atoms with E-state index in [1.54, 1.807) is 26.0 Å². The van der Waals surface area contributed by atoms with Crippen LogP contribution >= 0.6 is 0 Å². The fourth-order valence-corrected chi connectivity index (χ4v) is 2.67. The third-order valence-corrected chi connectivity index (χ3v) is 3.76. The Kier molecular flexibility index (Phi) is 4.83. The summed E-state index contributed by atoms with van der Waals surface area (Å²) < 4.78 is 5.63. The van der Waals surface area contributed by atoms with Crippen LogP contribution in [-0.2, 0) is 4.79 Å². The minimum absolute atomic E-state index is 0.00388. The van der Waals surface area contributed by atoms with E-state index >= 15 is 0 Å². The average Bonchev–Trinajstić information content (AvgIpc) is 2.46. The molecule has 5 heteroatoms. The molecule has 1 aromatic carbocycles. The van der Waals surface area contributed by atoms with Crippen molar-refractivity contribution in [2.75, 3.05) is 19.7 Å². The van der Waals surface area contributed by atoms with Crippen LogP contribution in [0.4, 0.5) is 0 Å². The molecule has 0 aromatic heterocycles. The number of carbonyl (C=O) groups is 2. The lowest BCUT2D eigenvalue weighted by Gasteiger charge is -2.26. The van der Waals surface area contributed by atoms with Gasteiger partial charge >= 0.3 is 5.97 Å². The highest BCUT2D eigenvalue weighted by Gasteiger charge is 2.18. The number of benzene rings is 1. The molecule has 0 bridgehead atoms. The normalized spacial score (nSPS) is 14.9. The van der Waals surface area contributed by atoms with Crippen molar-refractivity contribution in [1.29, 1.82) is 0 Å². The summed E-state index contributed by atoms with van der Waals surface area (Å²) in [7, 11) is 0. The number of amides is 1. The lowest BCUT2D eigenvalue weighted by molar-refractivity contribution is -0.134. The zero-order valence-corrected chi connectivity index (χ0v) is 12.5. The van der Waals surface area contributed by atoms with Crippen molar-refractivity contribution in [1.82, 2.24) is 4.90 Å². The summed E-state index contributed by atoms with van der Waals surface area (Å²) in [6, 6.07) is 3.13. The number of piperidine rings is 1. The number of aryl methyl sites for hydroxylation is 2. The SMILES string of the molecule is Cc1cc(C(=O)O)cc(C)c1OCC(=O)N1CCCCC1. The van der Waals surface area contributed by atoms with Crippen LogP contribution in [-0.4, -0.2) is 41.6 Å². The average molecular weight is 291 g/mol. The molecule has 1 aromatic rings. The second-order valence-electron chi connectivity index (χ2n) is 5.47. The van der Waals surface area contributed by atoms with Gasteiger partial charge in [-0.1, -0.05) is 0 Å². The molecule has 1 aliphatic rings. The van der Waals surface area contributed by atoms with Crippen molar-refractivity contribution in [2.24, 2.45) is 0 Å². The molecule has 1 saturated heterocycles. The van der Waals surface area contributed by atoms with E-state index in [1.165, 1.54) is 6.42 Å². The molecule has 1 fully saturated rings. The third-order valence-electron chi connectivity index (χ3n) is 3.76.